The van der Waals surface area contributed by atoms with Crippen LogP contribution < -0.4 is 4.74 Å². The number of carboxylic acid groups (broad SMARTS) is 2. The molecule has 1 amide bonds. The van der Waals surface area contributed by atoms with Gasteiger partial charge in [-0.2, -0.15) is 0 Å². The van der Waals surface area contributed by atoms with Crippen molar-refractivity contribution in [1.29, 1.82) is 0 Å². The Morgan fingerprint density at radius 2 is 1.52 bits per heavy atom. The van der Waals surface area contributed by atoms with Crippen LogP contribution in [0.2, 0.25) is 0 Å². The van der Waals surface area contributed by atoms with E-state index >= 15 is 0 Å². The third-order valence-corrected chi connectivity index (χ3v) is 5.56. The van der Waals surface area contributed by atoms with Gasteiger partial charge in [-0.15, -0.1) is 0 Å². The van der Waals surface area contributed by atoms with Gasteiger partial charge in [0, 0.05) is 7.05 Å². The Morgan fingerprint density at radius 3 is 2.07 bits per heavy atom. The maximum Gasteiger partial charge on any atom is 0.308 e. The van der Waals surface area contributed by atoms with E-state index in [0.717, 1.165) is 11.3 Å². The summed E-state index contributed by atoms with van der Waals surface area (Å²) in [6.07, 6.45) is 0.0477. The van der Waals surface area contributed by atoms with Crippen molar-refractivity contribution in [2.75, 3.05) is 7.05 Å². The fourth-order valence-corrected chi connectivity index (χ4v) is 3.62. The van der Waals surface area contributed by atoms with E-state index in [1.165, 1.54) is 4.90 Å². The number of carbonyl (C=O) groups excluding carboxylic acids is 1. The molecular weight excluding hydrogens is 374 g/mol. The molecule has 0 aliphatic heterocycles. The molecule has 0 spiro atoms. The molecule has 152 valence electrons. The zero-order valence-electron chi connectivity index (χ0n) is 16.2. The van der Waals surface area contributed by atoms with E-state index in [2.05, 4.69) is 0 Å². The lowest BCUT2D eigenvalue weighted by Crippen LogP contribution is -2.53. The molecule has 2 N–H and O–H groups in total. The predicted octanol–water partition coefficient (Wildman–Crippen LogP) is 3.42. The molecular formula is C22H23NO6. The number of aliphatic carboxylic acids is 2. The molecule has 4 atom stereocenters. The summed E-state index contributed by atoms with van der Waals surface area (Å²) in [4.78, 5) is 36.8. The highest BCUT2D eigenvalue weighted by atomic mass is 16.5. The van der Waals surface area contributed by atoms with Gasteiger partial charge in [-0.1, -0.05) is 30.3 Å². The number of ether oxygens (including phenoxy) is 1. The number of rotatable bonds is 7. The summed E-state index contributed by atoms with van der Waals surface area (Å²) >= 11 is 0. The highest BCUT2D eigenvalue weighted by Gasteiger charge is 2.54. The number of hydrogen-bond acceptors (Lipinski definition) is 4. The standard InChI is InChI=1S/C22H23NO6/c1-13(14-8-10-16(11-9-14)29-15-6-4-3-5-7-15)23(2)20(24)17-12-18(21(25)26)19(17)22(27)28/h3-11,13,17-19H,12H2,1-2H3,(H,25,26)(H,27,28)/t13-,17?,18?,19?/m0/s1. The average Bonchev–Trinajstić information content (AvgIpc) is 2.66. The molecule has 1 fully saturated rings. The van der Waals surface area contributed by atoms with Crippen LogP contribution in [0.3, 0.4) is 0 Å². The van der Waals surface area contributed by atoms with Crippen LogP contribution in [0.1, 0.15) is 24.9 Å². The highest BCUT2D eigenvalue weighted by molar-refractivity contribution is 5.91. The Morgan fingerprint density at radius 1 is 0.931 bits per heavy atom. The summed E-state index contributed by atoms with van der Waals surface area (Å²) < 4.78 is 5.76. The zero-order valence-corrected chi connectivity index (χ0v) is 16.2. The summed E-state index contributed by atoms with van der Waals surface area (Å²) in [7, 11) is 1.61. The van der Waals surface area contributed by atoms with Crippen molar-refractivity contribution >= 4 is 17.8 Å². The first-order valence-corrected chi connectivity index (χ1v) is 9.34. The van der Waals surface area contributed by atoms with Crippen LogP contribution in [0.25, 0.3) is 0 Å². The van der Waals surface area contributed by atoms with Crippen LogP contribution in [0, 0.1) is 17.8 Å². The predicted molar refractivity (Wildman–Crippen MR) is 105 cm³/mol. The van der Waals surface area contributed by atoms with E-state index < -0.39 is 29.7 Å². The van der Waals surface area contributed by atoms with E-state index in [9.17, 15) is 19.5 Å². The number of carboxylic acids is 2. The smallest absolute Gasteiger partial charge is 0.308 e. The average molecular weight is 397 g/mol. The first-order valence-electron chi connectivity index (χ1n) is 9.34. The number of amides is 1. The van der Waals surface area contributed by atoms with Crippen molar-refractivity contribution in [3.05, 3.63) is 60.2 Å². The van der Waals surface area contributed by atoms with Crippen LogP contribution in [-0.2, 0) is 14.4 Å². The van der Waals surface area contributed by atoms with Crippen LogP contribution in [-0.4, -0.2) is 40.0 Å². The van der Waals surface area contributed by atoms with Gasteiger partial charge in [-0.05, 0) is 43.2 Å². The molecule has 0 heterocycles. The summed E-state index contributed by atoms with van der Waals surface area (Å²) in [6, 6.07) is 16.4. The first-order chi connectivity index (χ1) is 13.8. The fraction of sp³-hybridized carbons (Fsp3) is 0.318. The number of carbonyl (C=O) groups is 3. The van der Waals surface area contributed by atoms with Crippen LogP contribution in [0.15, 0.2) is 54.6 Å². The maximum absolute atomic E-state index is 12.8. The van der Waals surface area contributed by atoms with Gasteiger partial charge in [0.05, 0.1) is 23.8 Å². The molecule has 3 unspecified atom stereocenters. The third kappa shape index (κ3) is 4.23. The number of benzene rings is 2. The lowest BCUT2D eigenvalue weighted by Gasteiger charge is -2.41. The largest absolute Gasteiger partial charge is 0.481 e. The van der Waals surface area contributed by atoms with Crippen molar-refractivity contribution in [3.8, 4) is 11.5 Å². The van der Waals surface area contributed by atoms with Crippen molar-refractivity contribution in [1.82, 2.24) is 4.90 Å². The van der Waals surface area contributed by atoms with Gasteiger partial charge in [-0.25, -0.2) is 0 Å². The topological polar surface area (TPSA) is 104 Å². The zero-order chi connectivity index (χ0) is 21.1. The Hall–Kier alpha value is -3.35. The summed E-state index contributed by atoms with van der Waals surface area (Å²) in [6.45, 7) is 1.84. The number of nitrogens with zero attached hydrogens (tertiary/aromatic N) is 1. The van der Waals surface area contributed by atoms with Gasteiger partial charge in [0.1, 0.15) is 11.5 Å². The Labute approximate surface area is 168 Å². The molecule has 0 aromatic heterocycles. The molecule has 0 radical (unpaired) electrons. The molecule has 2 aromatic rings. The molecule has 0 saturated heterocycles. The van der Waals surface area contributed by atoms with E-state index in [1.807, 2.05) is 49.4 Å². The van der Waals surface area contributed by atoms with Crippen molar-refractivity contribution in [3.63, 3.8) is 0 Å². The summed E-state index contributed by atoms with van der Waals surface area (Å²) in [5, 5.41) is 18.4. The van der Waals surface area contributed by atoms with E-state index in [1.54, 1.807) is 19.2 Å². The minimum Gasteiger partial charge on any atom is -0.481 e. The van der Waals surface area contributed by atoms with Gasteiger partial charge in [0.2, 0.25) is 5.91 Å². The minimum absolute atomic E-state index is 0.0477. The number of para-hydroxylation sites is 1. The highest BCUT2D eigenvalue weighted by Crippen LogP contribution is 2.42. The van der Waals surface area contributed by atoms with Crippen molar-refractivity contribution < 1.29 is 29.3 Å². The molecule has 7 nitrogen and oxygen atoms in total. The monoisotopic (exact) mass is 397 g/mol. The second-order valence-electron chi connectivity index (χ2n) is 7.26. The Balaban J connectivity index is 1.66. The second kappa shape index (κ2) is 8.34. The van der Waals surface area contributed by atoms with Gasteiger partial charge < -0.3 is 19.8 Å². The van der Waals surface area contributed by atoms with Gasteiger partial charge in [-0.3, -0.25) is 14.4 Å². The molecule has 0 bridgehead atoms. The first kappa shape index (κ1) is 20.4. The summed E-state index contributed by atoms with van der Waals surface area (Å²) in [5.74, 6) is -4.41. The normalized spacial score (nSPS) is 21.5. The van der Waals surface area contributed by atoms with Crippen molar-refractivity contribution in [2.24, 2.45) is 17.8 Å². The van der Waals surface area contributed by atoms with Gasteiger partial charge in [0.25, 0.3) is 0 Å². The third-order valence-electron chi connectivity index (χ3n) is 5.56. The van der Waals surface area contributed by atoms with Gasteiger partial charge in [0.15, 0.2) is 0 Å². The molecule has 3 rings (SSSR count). The van der Waals surface area contributed by atoms with Crippen molar-refractivity contribution in [2.45, 2.75) is 19.4 Å². The molecule has 7 heteroatoms. The molecule has 29 heavy (non-hydrogen) atoms. The molecule has 1 aliphatic carbocycles. The lowest BCUT2D eigenvalue weighted by molar-refractivity contribution is -0.172. The van der Waals surface area contributed by atoms with E-state index in [-0.39, 0.29) is 18.4 Å². The molecule has 2 aromatic carbocycles. The number of hydrogen-bond donors (Lipinski definition) is 2. The maximum atomic E-state index is 12.8. The summed E-state index contributed by atoms with van der Waals surface area (Å²) in [5.41, 5.74) is 0.863. The van der Waals surface area contributed by atoms with E-state index in [4.69, 9.17) is 9.84 Å². The van der Waals surface area contributed by atoms with Crippen LogP contribution >= 0.6 is 0 Å². The van der Waals surface area contributed by atoms with Crippen LogP contribution in [0.4, 0.5) is 0 Å². The fourth-order valence-electron chi connectivity index (χ4n) is 3.62. The minimum atomic E-state index is -1.24. The Bertz CT molecular complexity index is 895. The van der Waals surface area contributed by atoms with Gasteiger partial charge >= 0.3 is 11.9 Å². The quantitative estimate of drug-likeness (QED) is 0.742. The van der Waals surface area contributed by atoms with E-state index in [0.29, 0.717) is 5.75 Å². The molecule has 1 aliphatic rings. The second-order valence-corrected chi connectivity index (χ2v) is 7.26. The Kier molecular flexibility index (Phi) is 5.87. The molecule has 1 saturated carbocycles. The SMILES string of the molecule is C[C@@H](c1ccc(Oc2ccccc2)cc1)N(C)C(=O)C1CC(C(=O)O)C1C(=O)O. The lowest BCUT2D eigenvalue weighted by atomic mass is 9.64. The van der Waals surface area contributed by atoms with Crippen LogP contribution in [0.5, 0.6) is 11.5 Å².